The van der Waals surface area contributed by atoms with Crippen LogP contribution in [0.2, 0.25) is 0 Å². The maximum absolute atomic E-state index is 7.32. The number of benzene rings is 1. The van der Waals surface area contributed by atoms with Gasteiger partial charge in [0, 0.05) is 1.37 Å². The first-order valence-electron chi connectivity index (χ1n) is 3.35. The van der Waals surface area contributed by atoms with E-state index in [1.807, 2.05) is 37.3 Å². The van der Waals surface area contributed by atoms with Crippen molar-refractivity contribution < 1.29 is 1.37 Å². The molecule has 0 N–H and O–H groups in total. The Bertz CT molecular complexity index is 167. The Morgan fingerprint density at radius 3 is 2.38 bits per heavy atom. The van der Waals surface area contributed by atoms with Crippen molar-refractivity contribution >= 4 is 0 Å². The highest BCUT2D eigenvalue weighted by Crippen LogP contribution is 1.96. The molecule has 42 valence electrons. The molecular weight excluding hydrogens is 96.1 g/mol. The topological polar surface area (TPSA) is 0 Å². The average Bonchev–Trinajstić information content (AvgIpc) is 1.90. The molecule has 0 nitrogen and oxygen atoms in total. The molecule has 0 heteroatoms. The summed E-state index contributed by atoms with van der Waals surface area (Å²) in [5, 5.41) is 0. The Labute approximate surface area is 51.6 Å². The molecule has 0 radical (unpaired) electrons. The fraction of sp³-hybridized carbons (Fsp3) is 0.250. The van der Waals surface area contributed by atoms with E-state index in [4.69, 9.17) is 1.37 Å². The van der Waals surface area contributed by atoms with E-state index in [1.54, 1.807) is 0 Å². The van der Waals surface area contributed by atoms with Crippen molar-refractivity contribution in [3.8, 4) is 0 Å². The monoisotopic (exact) mass is 108 g/mol. The molecule has 1 rings (SSSR count). The van der Waals surface area contributed by atoms with Crippen LogP contribution in [-0.2, 0) is 6.40 Å². The molecule has 0 amide bonds. The van der Waals surface area contributed by atoms with Gasteiger partial charge < -0.3 is 0 Å². The van der Waals surface area contributed by atoms with Crippen LogP contribution in [0.25, 0.3) is 0 Å². The van der Waals surface area contributed by atoms with Crippen molar-refractivity contribution in [3.63, 3.8) is 0 Å². The highest BCUT2D eigenvalue weighted by molar-refractivity contribution is 5.13. The van der Waals surface area contributed by atoms with Crippen LogP contribution in [0.4, 0.5) is 0 Å². The summed E-state index contributed by atoms with van der Waals surface area (Å²) in [6.45, 7) is 1.87. The molecule has 0 saturated heterocycles. The lowest BCUT2D eigenvalue weighted by molar-refractivity contribution is 1.14. The largest absolute Gasteiger partial charge is 0.0622 e. The SMILES string of the molecule is [3H]C(C)c1ccccc1. The van der Waals surface area contributed by atoms with Crippen LogP contribution in [0.3, 0.4) is 0 Å². The fourth-order valence-corrected chi connectivity index (χ4v) is 0.645. The van der Waals surface area contributed by atoms with Gasteiger partial charge in [0.15, 0.2) is 0 Å². The Kier molecular flexibility index (Phi) is 1.30. The zero-order valence-electron chi connectivity index (χ0n) is 5.96. The second kappa shape index (κ2) is 2.51. The van der Waals surface area contributed by atoms with Crippen molar-refractivity contribution in [2.45, 2.75) is 13.3 Å². The quantitative estimate of drug-likeness (QED) is 0.517. The summed E-state index contributed by atoms with van der Waals surface area (Å²) in [5.41, 5.74) is 1.08. The van der Waals surface area contributed by atoms with Crippen LogP contribution in [0.1, 0.15) is 13.9 Å². The van der Waals surface area contributed by atoms with E-state index in [9.17, 15) is 0 Å². The summed E-state index contributed by atoms with van der Waals surface area (Å²) in [5.74, 6) is 0. The highest BCUT2D eigenvalue weighted by Gasteiger charge is 1.79. The second-order valence-corrected chi connectivity index (χ2v) is 1.70. The first-order valence-corrected chi connectivity index (χ1v) is 2.78. The Hall–Kier alpha value is -0.780. The third kappa shape index (κ3) is 1.09. The molecule has 0 heterocycles. The van der Waals surface area contributed by atoms with Gasteiger partial charge in [-0.3, -0.25) is 0 Å². The zero-order chi connectivity index (χ0) is 6.69. The third-order valence-corrected chi connectivity index (χ3v) is 1.13. The molecular formula is C8H10. The average molecular weight is 108 g/mol. The first-order chi connectivity index (χ1) is 4.30. The number of aryl methyl sites for hydroxylation is 1. The van der Waals surface area contributed by atoms with Crippen molar-refractivity contribution in [1.29, 1.82) is 0 Å². The van der Waals surface area contributed by atoms with Gasteiger partial charge in [-0.2, -0.15) is 0 Å². The van der Waals surface area contributed by atoms with Gasteiger partial charge in [0.2, 0.25) is 0 Å². The molecule has 0 saturated carbocycles. The van der Waals surface area contributed by atoms with Gasteiger partial charge in [-0.1, -0.05) is 37.3 Å². The van der Waals surface area contributed by atoms with Crippen LogP contribution in [-0.4, -0.2) is 0 Å². The van der Waals surface area contributed by atoms with E-state index in [-0.39, 0.29) is 6.40 Å². The van der Waals surface area contributed by atoms with E-state index in [2.05, 4.69) is 0 Å². The van der Waals surface area contributed by atoms with Gasteiger partial charge in [-0.25, -0.2) is 0 Å². The molecule has 1 aromatic carbocycles. The molecule has 0 aliphatic heterocycles. The lowest BCUT2D eigenvalue weighted by Crippen LogP contribution is -1.73. The molecule has 8 heavy (non-hydrogen) atoms. The minimum absolute atomic E-state index is 0.0915. The number of hydrogen-bond acceptors (Lipinski definition) is 0. The minimum Gasteiger partial charge on any atom is -0.0622 e. The molecule has 1 aromatic rings. The Balaban J connectivity index is 2.85. The zero-order valence-corrected chi connectivity index (χ0v) is 4.96. The van der Waals surface area contributed by atoms with E-state index < -0.39 is 0 Å². The standard InChI is InChI=1S/C8H10/c1-2-8-6-4-3-5-7-8/h3-7H,2H2,1H3/i2T. The maximum Gasteiger partial charge on any atom is 0.0313 e. The number of hydrogen-bond donors (Lipinski definition) is 0. The molecule has 0 bridgehead atoms. The summed E-state index contributed by atoms with van der Waals surface area (Å²) in [4.78, 5) is 0. The Morgan fingerprint density at radius 2 is 2.00 bits per heavy atom. The summed E-state index contributed by atoms with van der Waals surface area (Å²) < 4.78 is 7.32. The summed E-state index contributed by atoms with van der Waals surface area (Å²) in [6, 6.07) is 9.82. The lowest BCUT2D eigenvalue weighted by Gasteiger charge is -1.89. The predicted octanol–water partition coefficient (Wildman–Crippen LogP) is 2.25. The van der Waals surface area contributed by atoms with Crippen LogP contribution >= 0.6 is 0 Å². The van der Waals surface area contributed by atoms with Gasteiger partial charge in [0.05, 0.1) is 0 Å². The lowest BCUT2D eigenvalue weighted by atomic mass is 10.2. The van der Waals surface area contributed by atoms with Gasteiger partial charge in [-0.05, 0) is 12.0 Å². The van der Waals surface area contributed by atoms with Gasteiger partial charge in [-0.15, -0.1) is 0 Å². The van der Waals surface area contributed by atoms with E-state index in [0.717, 1.165) is 5.56 Å². The molecule has 1 atom stereocenters. The van der Waals surface area contributed by atoms with E-state index in [0.29, 0.717) is 0 Å². The Morgan fingerprint density at radius 1 is 1.38 bits per heavy atom. The summed E-state index contributed by atoms with van der Waals surface area (Å²) in [7, 11) is 0. The maximum atomic E-state index is 7.32. The van der Waals surface area contributed by atoms with Crippen LogP contribution in [0.15, 0.2) is 30.3 Å². The molecule has 0 aromatic heterocycles. The number of rotatable bonds is 1. The van der Waals surface area contributed by atoms with Gasteiger partial charge in [0.1, 0.15) is 0 Å². The molecule has 0 aliphatic carbocycles. The molecule has 1 unspecified atom stereocenters. The summed E-state index contributed by atoms with van der Waals surface area (Å²) >= 11 is 0. The molecule has 0 spiro atoms. The summed E-state index contributed by atoms with van der Waals surface area (Å²) in [6.07, 6.45) is -0.0915. The first kappa shape index (κ1) is 4.13. The molecule has 0 aliphatic rings. The van der Waals surface area contributed by atoms with E-state index >= 15 is 0 Å². The van der Waals surface area contributed by atoms with E-state index in [1.165, 1.54) is 0 Å². The van der Waals surface area contributed by atoms with Crippen molar-refractivity contribution in [2.75, 3.05) is 0 Å². The third-order valence-electron chi connectivity index (χ3n) is 1.13. The van der Waals surface area contributed by atoms with Gasteiger partial charge >= 0.3 is 0 Å². The predicted molar refractivity (Wildman–Crippen MR) is 35.8 cm³/mol. The second-order valence-electron chi connectivity index (χ2n) is 1.70. The van der Waals surface area contributed by atoms with Gasteiger partial charge in [0.25, 0.3) is 0 Å². The van der Waals surface area contributed by atoms with Crippen molar-refractivity contribution in [2.24, 2.45) is 0 Å². The minimum atomic E-state index is -0.0915. The van der Waals surface area contributed by atoms with Crippen LogP contribution in [0, 0.1) is 0 Å². The molecule has 0 fully saturated rings. The van der Waals surface area contributed by atoms with Crippen LogP contribution < -0.4 is 0 Å². The normalized spacial score (nSPS) is 14.9. The highest BCUT2D eigenvalue weighted by atomic mass is 13.9. The van der Waals surface area contributed by atoms with Crippen molar-refractivity contribution in [1.82, 2.24) is 0 Å². The van der Waals surface area contributed by atoms with Crippen LogP contribution in [0.5, 0.6) is 0 Å². The fourth-order valence-electron chi connectivity index (χ4n) is 0.645. The smallest absolute Gasteiger partial charge is 0.0313 e. The van der Waals surface area contributed by atoms with Crippen molar-refractivity contribution in [3.05, 3.63) is 35.9 Å².